The second kappa shape index (κ2) is 55.4. The van der Waals surface area contributed by atoms with Crippen LogP contribution in [0.5, 0.6) is 0 Å². The van der Waals surface area contributed by atoms with Crippen molar-refractivity contribution in [3.63, 3.8) is 0 Å². The number of benzene rings is 2. The lowest BCUT2D eigenvalue weighted by Crippen LogP contribution is -2.33. The molecule has 348 valence electrons. The fraction of sp³-hybridized carbons (Fsp3) is 0.698. The van der Waals surface area contributed by atoms with Crippen molar-refractivity contribution in [2.75, 3.05) is 143 Å². The molecule has 16 nitrogen and oxygen atoms in total. The summed E-state index contributed by atoms with van der Waals surface area (Å²) in [6, 6.07) is 16.8. The zero-order chi connectivity index (χ0) is 45.0. The van der Waals surface area contributed by atoms with E-state index in [0.717, 1.165) is 78.4 Å². The first kappa shape index (κ1) is 63.0. The Morgan fingerprint density at radius 2 is 0.898 bits per heavy atom. The molecule has 2 rings (SSSR count). The van der Waals surface area contributed by atoms with E-state index < -0.39 is 5.97 Å². The molecule has 59 heavy (non-hydrogen) atoms. The summed E-state index contributed by atoms with van der Waals surface area (Å²) < 4.78 is 15.9. The fourth-order valence-corrected chi connectivity index (χ4v) is 4.37. The molecule has 0 aromatic heterocycles. The van der Waals surface area contributed by atoms with Crippen molar-refractivity contribution in [2.45, 2.75) is 58.4 Å². The molecule has 0 saturated carbocycles. The Kier molecular flexibility index (Phi) is 59.1. The summed E-state index contributed by atoms with van der Waals surface area (Å²) in [5, 5.41) is 46.1. The highest BCUT2D eigenvalue weighted by Gasteiger charge is 2.13. The summed E-state index contributed by atoms with van der Waals surface area (Å²) >= 11 is 0. The molecule has 16 heteroatoms. The van der Waals surface area contributed by atoms with Crippen molar-refractivity contribution in [3.8, 4) is 0 Å². The van der Waals surface area contributed by atoms with Gasteiger partial charge in [0, 0.05) is 39.3 Å². The van der Waals surface area contributed by atoms with Crippen LogP contribution in [0.4, 0.5) is 0 Å². The van der Waals surface area contributed by atoms with Crippen molar-refractivity contribution >= 4 is 5.97 Å². The molecule has 0 aliphatic carbocycles. The number of aliphatic carboxylic acids is 1. The molecule has 2 aromatic rings. The van der Waals surface area contributed by atoms with E-state index in [1.165, 1.54) is 22.3 Å². The van der Waals surface area contributed by atoms with Gasteiger partial charge in [0.1, 0.15) is 6.04 Å². The van der Waals surface area contributed by atoms with Crippen LogP contribution in [0.25, 0.3) is 0 Å². The van der Waals surface area contributed by atoms with Crippen LogP contribution in [-0.2, 0) is 45.2 Å². The summed E-state index contributed by atoms with van der Waals surface area (Å²) in [5.74, 6) is -0.762. The van der Waals surface area contributed by atoms with Gasteiger partial charge in [-0.25, -0.2) is 0 Å². The maximum absolute atomic E-state index is 10.5. The zero-order valence-electron chi connectivity index (χ0n) is 39.0. The minimum absolute atomic E-state index is 0.0694. The molecule has 1 unspecified atom stereocenters. The number of likely N-dealkylation sites (N-methyl/N-ethyl adjacent to an activating group) is 3. The standard InChI is InChI=1S/C10H24N2O3.2C10H16N2.C8H18N2O2.C3H9N.C2H7NO/c1-11-3-5-13-7-9-15-10-8-14-6-4-12-2;1-11-7-9-3-5-10(6-4-9)8-12-2;1-11-7-9-4-3-5-10(6-9)8-12-2;1-9-6-4-3-5-7(10-2)8(11)12;1-3-4-2;1-3-2-4/h11-12H,3-10H2,1-2H3;2*3-6,11-12H,7-8H2,1-2H3;7,9-10H,3-6H2,1-2H3,(H,11,12);4H,3H2,1-2H3;3-4H,2H2,1H3. The van der Waals surface area contributed by atoms with Gasteiger partial charge in [-0.2, -0.15) is 0 Å². The van der Waals surface area contributed by atoms with Gasteiger partial charge >= 0.3 is 5.97 Å². The largest absolute Gasteiger partial charge is 0.480 e. The topological polar surface area (TPSA) is 206 Å². The number of ether oxygens (including phenoxy) is 3. The molecule has 12 N–H and O–H groups in total. The molecule has 0 aliphatic rings. The summed E-state index contributed by atoms with van der Waals surface area (Å²) in [7, 11) is 18.8. The molecule has 0 fully saturated rings. The zero-order valence-corrected chi connectivity index (χ0v) is 39.0. The minimum atomic E-state index is -0.762. The number of unbranched alkanes of at least 4 members (excludes halogenated alkanes) is 1. The van der Waals surface area contributed by atoms with Crippen LogP contribution >= 0.6 is 0 Å². The Labute approximate surface area is 359 Å². The van der Waals surface area contributed by atoms with Crippen LogP contribution in [0.3, 0.4) is 0 Å². The van der Waals surface area contributed by atoms with Gasteiger partial charge in [0.2, 0.25) is 0 Å². The van der Waals surface area contributed by atoms with Crippen LogP contribution in [-0.4, -0.2) is 165 Å². The smallest absolute Gasteiger partial charge is 0.320 e. The monoisotopic (exact) mass is 843 g/mol. The number of aliphatic hydroxyl groups excluding tert-OH is 1. The molecule has 0 heterocycles. The van der Waals surface area contributed by atoms with E-state index >= 15 is 0 Å². The molecule has 1 atom stereocenters. The molecule has 0 bridgehead atoms. The van der Waals surface area contributed by atoms with E-state index in [0.29, 0.717) is 32.8 Å². The number of hydrogen-bond donors (Lipinski definition) is 12. The molecule has 0 radical (unpaired) electrons. The van der Waals surface area contributed by atoms with E-state index in [1.54, 1.807) is 14.1 Å². The maximum Gasteiger partial charge on any atom is 0.320 e. The van der Waals surface area contributed by atoms with Crippen molar-refractivity contribution in [1.29, 1.82) is 0 Å². The van der Waals surface area contributed by atoms with Crippen molar-refractivity contribution in [1.82, 2.24) is 53.2 Å². The Balaban J connectivity index is -0.000000322. The highest BCUT2D eigenvalue weighted by atomic mass is 16.5. The summed E-state index contributed by atoms with van der Waals surface area (Å²) in [6.45, 7) is 13.7. The van der Waals surface area contributed by atoms with Gasteiger partial charge in [-0.3, -0.25) is 10.1 Å². The molecular weight excluding hydrogens is 753 g/mol. The first-order chi connectivity index (χ1) is 28.7. The van der Waals surface area contributed by atoms with Crippen LogP contribution in [0, 0.1) is 0 Å². The third-order valence-corrected chi connectivity index (χ3v) is 7.60. The Morgan fingerprint density at radius 1 is 0.525 bits per heavy atom. The highest BCUT2D eigenvalue weighted by molar-refractivity contribution is 5.73. The average Bonchev–Trinajstić information content (AvgIpc) is 3.25. The van der Waals surface area contributed by atoms with Gasteiger partial charge in [0.25, 0.3) is 0 Å². The first-order valence-corrected chi connectivity index (χ1v) is 20.9. The molecule has 0 saturated heterocycles. The van der Waals surface area contributed by atoms with Gasteiger partial charge in [-0.05, 0) is 119 Å². The van der Waals surface area contributed by atoms with Crippen molar-refractivity contribution < 1.29 is 29.2 Å². The van der Waals surface area contributed by atoms with E-state index in [2.05, 4.69) is 109 Å². The van der Waals surface area contributed by atoms with Gasteiger partial charge in [0.05, 0.1) is 46.4 Å². The number of aliphatic hydroxyl groups is 1. The SMILES string of the molecule is CCNC.CNCCCCC(NC)C(=O)O.CNCCOCCOCCOCCNC.CNCO.CNCc1ccc(CNC)cc1.CNCc1cccc(CNC)c1. The number of carboxylic acids is 1. The number of hydrogen-bond acceptors (Lipinski definition) is 15. The van der Waals surface area contributed by atoms with E-state index in [1.807, 2.05) is 56.4 Å². The summed E-state index contributed by atoms with van der Waals surface area (Å²) in [5.41, 5.74) is 5.34. The highest BCUT2D eigenvalue weighted by Crippen LogP contribution is 2.05. The van der Waals surface area contributed by atoms with Crippen LogP contribution in [0.1, 0.15) is 48.4 Å². The van der Waals surface area contributed by atoms with Crippen LogP contribution in [0.2, 0.25) is 0 Å². The lowest BCUT2D eigenvalue weighted by molar-refractivity contribution is -0.139. The molecule has 2 aromatic carbocycles. The number of carboxylic acid groups (broad SMARTS) is 1. The van der Waals surface area contributed by atoms with Crippen LogP contribution in [0.15, 0.2) is 48.5 Å². The van der Waals surface area contributed by atoms with Crippen LogP contribution < -0.4 is 53.2 Å². The number of nitrogens with one attached hydrogen (secondary N) is 10. The van der Waals surface area contributed by atoms with Gasteiger partial charge in [-0.1, -0.05) is 61.9 Å². The second-order valence-corrected chi connectivity index (χ2v) is 12.8. The normalized spacial score (nSPS) is 10.5. The average molecular weight is 843 g/mol. The minimum Gasteiger partial charge on any atom is -0.480 e. The number of carbonyl (C=O) groups is 1. The second-order valence-electron chi connectivity index (χ2n) is 12.8. The Morgan fingerprint density at radius 3 is 1.20 bits per heavy atom. The third-order valence-electron chi connectivity index (χ3n) is 7.60. The molecule has 0 spiro atoms. The van der Waals surface area contributed by atoms with Gasteiger partial charge in [0.15, 0.2) is 0 Å². The maximum atomic E-state index is 10.5. The van der Waals surface area contributed by atoms with E-state index in [-0.39, 0.29) is 12.8 Å². The predicted octanol–water partition coefficient (Wildman–Crippen LogP) is 1.16. The van der Waals surface area contributed by atoms with E-state index in [9.17, 15) is 4.79 Å². The van der Waals surface area contributed by atoms with Gasteiger partial charge < -0.3 is 72.3 Å². The lowest BCUT2D eigenvalue weighted by atomic mass is 10.1. The number of rotatable bonds is 29. The van der Waals surface area contributed by atoms with Gasteiger partial charge in [-0.15, -0.1) is 0 Å². The first-order valence-electron chi connectivity index (χ1n) is 20.9. The Bertz CT molecular complexity index is 1010. The fourth-order valence-electron chi connectivity index (χ4n) is 4.37. The quantitative estimate of drug-likeness (QED) is 0.0410. The van der Waals surface area contributed by atoms with E-state index in [4.69, 9.17) is 24.4 Å². The Hall–Kier alpha value is -2.65. The predicted molar refractivity (Wildman–Crippen MR) is 248 cm³/mol. The third kappa shape index (κ3) is 51.4. The molecule has 0 aliphatic heterocycles. The van der Waals surface area contributed by atoms with Crippen molar-refractivity contribution in [2.24, 2.45) is 0 Å². The molecular formula is C43H90N10O6. The molecule has 0 amide bonds. The van der Waals surface area contributed by atoms with Crippen molar-refractivity contribution in [3.05, 3.63) is 70.8 Å². The summed E-state index contributed by atoms with van der Waals surface area (Å²) in [6.07, 6.45) is 2.67. The summed E-state index contributed by atoms with van der Waals surface area (Å²) in [4.78, 5) is 10.5. The lowest BCUT2D eigenvalue weighted by Gasteiger charge is -2.09.